The van der Waals surface area contributed by atoms with E-state index in [-0.39, 0.29) is 6.04 Å². The van der Waals surface area contributed by atoms with Gasteiger partial charge >= 0.3 is 0 Å². The first-order chi connectivity index (χ1) is 9.13. The van der Waals surface area contributed by atoms with Crippen molar-refractivity contribution in [2.24, 2.45) is 5.73 Å². The van der Waals surface area contributed by atoms with E-state index >= 15 is 0 Å². The summed E-state index contributed by atoms with van der Waals surface area (Å²) in [6, 6.07) is 10.4. The standard InChI is InChI=1S/C15H19BrN2O/c1-11-5-3-4-6-12(11)10-18(2)14(9-17)15-13(16)7-8-19-15/h3-8,14H,9-10,17H2,1-2H3. The number of furan rings is 1. The molecule has 1 heterocycles. The first-order valence-electron chi connectivity index (χ1n) is 6.31. The summed E-state index contributed by atoms with van der Waals surface area (Å²) < 4.78 is 6.51. The molecule has 3 nitrogen and oxygen atoms in total. The minimum Gasteiger partial charge on any atom is -0.466 e. The molecule has 1 unspecified atom stereocenters. The molecule has 0 aliphatic heterocycles. The molecule has 1 aromatic heterocycles. The summed E-state index contributed by atoms with van der Waals surface area (Å²) in [4.78, 5) is 2.21. The Bertz CT molecular complexity index is 538. The third kappa shape index (κ3) is 3.26. The first kappa shape index (κ1) is 14.3. The second-order valence-electron chi connectivity index (χ2n) is 4.73. The first-order valence-corrected chi connectivity index (χ1v) is 7.10. The van der Waals surface area contributed by atoms with Gasteiger partial charge < -0.3 is 10.2 Å². The van der Waals surface area contributed by atoms with Crippen molar-refractivity contribution < 1.29 is 4.42 Å². The normalized spacial score (nSPS) is 12.9. The highest BCUT2D eigenvalue weighted by molar-refractivity contribution is 9.10. The Morgan fingerprint density at radius 1 is 1.32 bits per heavy atom. The van der Waals surface area contributed by atoms with Crippen LogP contribution in [0.1, 0.15) is 22.9 Å². The molecule has 0 aliphatic carbocycles. The van der Waals surface area contributed by atoms with Crippen LogP contribution in [-0.2, 0) is 6.54 Å². The Balaban J connectivity index is 2.16. The van der Waals surface area contributed by atoms with Gasteiger partial charge in [0.05, 0.1) is 16.8 Å². The molecule has 0 radical (unpaired) electrons. The third-order valence-electron chi connectivity index (χ3n) is 3.38. The summed E-state index contributed by atoms with van der Waals surface area (Å²) in [6.45, 7) is 3.50. The van der Waals surface area contributed by atoms with Crippen LogP contribution in [-0.4, -0.2) is 18.5 Å². The molecule has 2 N–H and O–H groups in total. The Morgan fingerprint density at radius 2 is 2.05 bits per heavy atom. The third-order valence-corrected chi connectivity index (χ3v) is 4.04. The van der Waals surface area contributed by atoms with E-state index < -0.39 is 0 Å². The molecule has 19 heavy (non-hydrogen) atoms. The van der Waals surface area contributed by atoms with E-state index in [0.29, 0.717) is 6.54 Å². The molecular formula is C15H19BrN2O. The Hall–Kier alpha value is -1.10. The monoisotopic (exact) mass is 322 g/mol. The number of hydrogen-bond acceptors (Lipinski definition) is 3. The lowest BCUT2D eigenvalue weighted by Gasteiger charge is -2.26. The van der Waals surface area contributed by atoms with Gasteiger partial charge in [-0.15, -0.1) is 0 Å². The molecule has 2 rings (SSSR count). The summed E-state index contributed by atoms with van der Waals surface area (Å²) in [6.07, 6.45) is 1.68. The molecule has 0 fully saturated rings. The van der Waals surface area contributed by atoms with E-state index in [2.05, 4.69) is 59.1 Å². The van der Waals surface area contributed by atoms with E-state index in [9.17, 15) is 0 Å². The van der Waals surface area contributed by atoms with Gasteiger partial charge in [-0.3, -0.25) is 4.90 Å². The molecule has 0 bridgehead atoms. The predicted molar refractivity (Wildman–Crippen MR) is 80.8 cm³/mol. The van der Waals surface area contributed by atoms with Gasteiger partial charge in [-0.1, -0.05) is 24.3 Å². The molecule has 1 aromatic carbocycles. The number of aryl methyl sites for hydroxylation is 1. The topological polar surface area (TPSA) is 42.4 Å². The van der Waals surface area contributed by atoms with Crippen molar-refractivity contribution in [3.8, 4) is 0 Å². The van der Waals surface area contributed by atoms with Crippen LogP contribution in [0.5, 0.6) is 0 Å². The summed E-state index contributed by atoms with van der Waals surface area (Å²) in [7, 11) is 2.07. The van der Waals surface area contributed by atoms with Gasteiger partial charge in [0.1, 0.15) is 5.76 Å². The van der Waals surface area contributed by atoms with E-state index in [1.165, 1.54) is 11.1 Å². The van der Waals surface area contributed by atoms with Crippen molar-refractivity contribution in [3.63, 3.8) is 0 Å². The van der Waals surface area contributed by atoms with E-state index in [1.54, 1.807) is 6.26 Å². The molecule has 0 aliphatic rings. The highest BCUT2D eigenvalue weighted by atomic mass is 79.9. The Kier molecular flexibility index (Phi) is 4.80. The van der Waals surface area contributed by atoms with Gasteiger partial charge in [0.25, 0.3) is 0 Å². The maximum absolute atomic E-state index is 5.90. The lowest BCUT2D eigenvalue weighted by atomic mass is 10.1. The quantitative estimate of drug-likeness (QED) is 0.916. The minimum absolute atomic E-state index is 0.0731. The minimum atomic E-state index is 0.0731. The molecule has 1 atom stereocenters. The van der Waals surface area contributed by atoms with Gasteiger partial charge in [0, 0.05) is 13.1 Å². The van der Waals surface area contributed by atoms with E-state index in [0.717, 1.165) is 16.8 Å². The fourth-order valence-corrected chi connectivity index (χ4v) is 2.66. The van der Waals surface area contributed by atoms with Crippen LogP contribution in [0.4, 0.5) is 0 Å². The maximum atomic E-state index is 5.90. The smallest absolute Gasteiger partial charge is 0.136 e. The fraction of sp³-hybridized carbons (Fsp3) is 0.333. The summed E-state index contributed by atoms with van der Waals surface area (Å²) in [5, 5.41) is 0. The van der Waals surface area contributed by atoms with Gasteiger partial charge in [-0.25, -0.2) is 0 Å². The van der Waals surface area contributed by atoms with E-state index in [1.807, 2.05) is 6.07 Å². The van der Waals surface area contributed by atoms with Gasteiger partial charge in [0.15, 0.2) is 0 Å². The SMILES string of the molecule is Cc1ccccc1CN(C)C(CN)c1occc1Br. The van der Waals surface area contributed by atoms with Crippen LogP contribution in [0.3, 0.4) is 0 Å². The zero-order valence-corrected chi connectivity index (χ0v) is 12.9. The molecule has 0 spiro atoms. The van der Waals surface area contributed by atoms with Crippen molar-refractivity contribution >= 4 is 15.9 Å². The zero-order chi connectivity index (χ0) is 13.8. The lowest BCUT2D eigenvalue weighted by molar-refractivity contribution is 0.211. The van der Waals surface area contributed by atoms with E-state index in [4.69, 9.17) is 10.2 Å². The summed E-state index contributed by atoms with van der Waals surface area (Å²) in [5.74, 6) is 0.888. The number of benzene rings is 1. The van der Waals surface area contributed by atoms with Gasteiger partial charge in [-0.2, -0.15) is 0 Å². The van der Waals surface area contributed by atoms with Crippen molar-refractivity contribution in [1.82, 2.24) is 4.90 Å². The molecule has 2 aromatic rings. The summed E-state index contributed by atoms with van der Waals surface area (Å²) >= 11 is 3.50. The van der Waals surface area contributed by atoms with Crippen LogP contribution in [0.15, 0.2) is 45.5 Å². The zero-order valence-electron chi connectivity index (χ0n) is 11.3. The molecule has 0 saturated heterocycles. The Morgan fingerprint density at radius 3 is 2.63 bits per heavy atom. The van der Waals surface area contributed by atoms with Crippen LogP contribution in [0, 0.1) is 6.92 Å². The fourth-order valence-electron chi connectivity index (χ4n) is 2.20. The van der Waals surface area contributed by atoms with Gasteiger partial charge in [0.2, 0.25) is 0 Å². The van der Waals surface area contributed by atoms with Crippen molar-refractivity contribution in [3.05, 3.63) is 58.0 Å². The molecule has 4 heteroatoms. The number of nitrogens with zero attached hydrogens (tertiary/aromatic N) is 1. The number of nitrogens with two attached hydrogens (primary N) is 1. The second kappa shape index (κ2) is 6.37. The molecular weight excluding hydrogens is 304 g/mol. The number of halogens is 1. The highest BCUT2D eigenvalue weighted by Crippen LogP contribution is 2.28. The van der Waals surface area contributed by atoms with Crippen molar-refractivity contribution in [1.29, 1.82) is 0 Å². The predicted octanol–water partition coefficient (Wildman–Crippen LogP) is 3.48. The van der Waals surface area contributed by atoms with Gasteiger partial charge in [-0.05, 0) is 47.1 Å². The second-order valence-corrected chi connectivity index (χ2v) is 5.58. The van der Waals surface area contributed by atoms with Crippen LogP contribution < -0.4 is 5.73 Å². The lowest BCUT2D eigenvalue weighted by Crippen LogP contribution is -2.30. The largest absolute Gasteiger partial charge is 0.466 e. The molecule has 102 valence electrons. The van der Waals surface area contributed by atoms with Crippen LogP contribution >= 0.6 is 15.9 Å². The average molecular weight is 323 g/mol. The van der Waals surface area contributed by atoms with Crippen molar-refractivity contribution in [2.45, 2.75) is 19.5 Å². The Labute approximate surface area is 122 Å². The number of hydrogen-bond donors (Lipinski definition) is 1. The van der Waals surface area contributed by atoms with Crippen LogP contribution in [0.25, 0.3) is 0 Å². The van der Waals surface area contributed by atoms with Crippen LogP contribution in [0.2, 0.25) is 0 Å². The van der Waals surface area contributed by atoms with Crippen molar-refractivity contribution in [2.75, 3.05) is 13.6 Å². The maximum Gasteiger partial charge on any atom is 0.136 e. The molecule has 0 saturated carbocycles. The molecule has 0 amide bonds. The highest BCUT2D eigenvalue weighted by Gasteiger charge is 2.21. The summed E-state index contributed by atoms with van der Waals surface area (Å²) in [5.41, 5.74) is 8.51. The number of likely N-dealkylation sites (N-methyl/N-ethyl adjacent to an activating group) is 1. The number of rotatable bonds is 5. The average Bonchev–Trinajstić information content (AvgIpc) is 2.80.